The number of esters is 1. The molecule has 1 aromatic carbocycles. The molecule has 0 saturated carbocycles. The quantitative estimate of drug-likeness (QED) is 0.0869. The smallest absolute Gasteiger partial charge is 0.337 e. The minimum Gasteiger partial charge on any atom is -0.465 e. The van der Waals surface area contributed by atoms with Gasteiger partial charge in [0.25, 0.3) is 5.91 Å². The number of urea groups is 1. The van der Waals surface area contributed by atoms with Crippen LogP contribution in [0.2, 0.25) is 0 Å². The third-order valence-electron chi connectivity index (χ3n) is 7.10. The molecule has 1 saturated heterocycles. The summed E-state index contributed by atoms with van der Waals surface area (Å²) in [6.45, 7) is 5.57. The van der Waals surface area contributed by atoms with Gasteiger partial charge < -0.3 is 9.30 Å². The number of nitrogens with zero attached hydrogens (tertiary/aromatic N) is 4. The van der Waals surface area contributed by atoms with E-state index >= 15 is 0 Å². The van der Waals surface area contributed by atoms with Crippen molar-refractivity contribution in [1.29, 1.82) is 0 Å². The van der Waals surface area contributed by atoms with Crippen molar-refractivity contribution >= 4 is 47.7 Å². The number of imide groups is 1. The Morgan fingerprint density at radius 1 is 0.951 bits per heavy atom. The molecule has 8 nitrogen and oxygen atoms in total. The molecule has 1 aliphatic rings. The standard InChI is InChI=1S/C31H38N4O4S.ClH/c1-4-6-8-9-16-33-29(36)27(35(31(33)38)21-24-15-17-40-22-24)18-26-19-32-28(10-7-5-2)34(26)20-23-11-13-25(14-12-23)30(37)39-3;/h11-15,17-19,22H,4-10,16,20-21H2,1-3H3;1H/b27-18-;. The molecule has 41 heavy (non-hydrogen) atoms. The second-order valence-electron chi connectivity index (χ2n) is 10.0. The van der Waals surface area contributed by atoms with E-state index in [1.165, 1.54) is 12.0 Å². The molecule has 4 rings (SSSR count). The molecule has 3 heterocycles. The minimum absolute atomic E-state index is 0. The molecular weight excluding hydrogens is 560 g/mol. The van der Waals surface area contributed by atoms with Gasteiger partial charge in [0.1, 0.15) is 11.5 Å². The van der Waals surface area contributed by atoms with Gasteiger partial charge in [0.2, 0.25) is 0 Å². The van der Waals surface area contributed by atoms with Crippen molar-refractivity contribution in [1.82, 2.24) is 19.4 Å². The predicted octanol–water partition coefficient (Wildman–Crippen LogP) is 6.93. The lowest BCUT2D eigenvalue weighted by molar-refractivity contribution is -0.123. The maximum Gasteiger partial charge on any atom is 0.337 e. The summed E-state index contributed by atoms with van der Waals surface area (Å²) in [5, 5.41) is 3.98. The van der Waals surface area contributed by atoms with Crippen LogP contribution >= 0.6 is 23.7 Å². The van der Waals surface area contributed by atoms with Crippen LogP contribution in [0.5, 0.6) is 0 Å². The Labute approximate surface area is 252 Å². The van der Waals surface area contributed by atoms with Crippen LogP contribution in [0.4, 0.5) is 4.79 Å². The van der Waals surface area contributed by atoms with Crippen LogP contribution in [-0.4, -0.2) is 50.9 Å². The topological polar surface area (TPSA) is 84.7 Å². The van der Waals surface area contributed by atoms with Crippen molar-refractivity contribution in [2.24, 2.45) is 0 Å². The Bertz CT molecular complexity index is 1330. The van der Waals surface area contributed by atoms with E-state index in [0.29, 0.717) is 30.9 Å². The summed E-state index contributed by atoms with van der Waals surface area (Å²) in [6.07, 6.45) is 10.4. The molecule has 10 heteroatoms. The van der Waals surface area contributed by atoms with E-state index in [1.54, 1.807) is 34.6 Å². The van der Waals surface area contributed by atoms with Gasteiger partial charge in [-0.1, -0.05) is 51.7 Å². The van der Waals surface area contributed by atoms with Crippen molar-refractivity contribution in [3.8, 4) is 0 Å². The second-order valence-corrected chi connectivity index (χ2v) is 10.8. The van der Waals surface area contributed by atoms with Gasteiger partial charge >= 0.3 is 12.0 Å². The third-order valence-corrected chi connectivity index (χ3v) is 7.83. The summed E-state index contributed by atoms with van der Waals surface area (Å²) in [6, 6.07) is 9.01. The second kappa shape index (κ2) is 15.5. The maximum atomic E-state index is 13.6. The number of aromatic nitrogens is 2. The highest BCUT2D eigenvalue weighted by Crippen LogP contribution is 2.28. The lowest BCUT2D eigenvalue weighted by Gasteiger charge is -2.17. The Hall–Kier alpha value is -3.43. The minimum atomic E-state index is -0.377. The van der Waals surface area contributed by atoms with E-state index in [0.717, 1.165) is 67.6 Å². The molecule has 0 unspecified atom stereocenters. The monoisotopic (exact) mass is 598 g/mol. The fraction of sp³-hybridized carbons (Fsp3) is 0.419. The normalized spacial score (nSPS) is 14.2. The van der Waals surface area contributed by atoms with E-state index in [-0.39, 0.29) is 30.3 Å². The largest absolute Gasteiger partial charge is 0.465 e. The van der Waals surface area contributed by atoms with Gasteiger partial charge in [-0.3, -0.25) is 14.6 Å². The lowest BCUT2D eigenvalue weighted by atomic mass is 10.1. The van der Waals surface area contributed by atoms with Gasteiger partial charge in [-0.05, 0) is 59.0 Å². The molecular formula is C31H39ClN4O4S. The highest BCUT2D eigenvalue weighted by atomic mass is 35.5. The molecule has 2 aromatic heterocycles. The number of imidazole rings is 1. The first-order chi connectivity index (χ1) is 19.5. The summed E-state index contributed by atoms with van der Waals surface area (Å²) >= 11 is 1.57. The van der Waals surface area contributed by atoms with Crippen LogP contribution in [0.1, 0.15) is 85.4 Å². The summed E-state index contributed by atoms with van der Waals surface area (Å²) in [4.78, 5) is 46.7. The van der Waals surface area contributed by atoms with Crippen molar-refractivity contribution < 1.29 is 19.1 Å². The van der Waals surface area contributed by atoms with Crippen LogP contribution in [0, 0.1) is 0 Å². The van der Waals surface area contributed by atoms with Crippen molar-refractivity contribution in [2.45, 2.75) is 71.9 Å². The molecule has 0 atom stereocenters. The first kappa shape index (κ1) is 32.1. The molecule has 0 radical (unpaired) electrons. The molecule has 3 aromatic rings. The van der Waals surface area contributed by atoms with Crippen LogP contribution in [0.3, 0.4) is 0 Å². The zero-order valence-corrected chi connectivity index (χ0v) is 25.6. The fourth-order valence-corrected chi connectivity index (χ4v) is 5.45. The molecule has 0 N–H and O–H groups in total. The van der Waals surface area contributed by atoms with E-state index in [9.17, 15) is 14.4 Å². The predicted molar refractivity (Wildman–Crippen MR) is 164 cm³/mol. The Morgan fingerprint density at radius 2 is 1.71 bits per heavy atom. The van der Waals surface area contributed by atoms with Crippen LogP contribution in [0.25, 0.3) is 6.08 Å². The number of benzene rings is 1. The van der Waals surface area contributed by atoms with Gasteiger partial charge in [-0.2, -0.15) is 11.3 Å². The number of unbranched alkanes of at least 4 members (excludes halogenated alkanes) is 4. The van der Waals surface area contributed by atoms with Crippen molar-refractivity contribution in [3.63, 3.8) is 0 Å². The third kappa shape index (κ3) is 7.86. The van der Waals surface area contributed by atoms with Crippen LogP contribution < -0.4 is 0 Å². The number of thiophene rings is 1. The molecule has 0 bridgehead atoms. The number of rotatable bonds is 14. The summed E-state index contributed by atoms with van der Waals surface area (Å²) in [5.41, 5.74) is 3.61. The van der Waals surface area contributed by atoms with Gasteiger partial charge in [0.05, 0.1) is 31.1 Å². The zero-order chi connectivity index (χ0) is 28.5. The zero-order valence-electron chi connectivity index (χ0n) is 24.0. The van der Waals surface area contributed by atoms with Gasteiger partial charge in [0.15, 0.2) is 0 Å². The Balaban J connectivity index is 0.00000462. The molecule has 1 aliphatic heterocycles. The van der Waals surface area contributed by atoms with E-state index in [1.807, 2.05) is 35.0 Å². The van der Waals surface area contributed by atoms with E-state index in [2.05, 4.69) is 18.4 Å². The maximum absolute atomic E-state index is 13.6. The molecule has 3 amide bonds. The Morgan fingerprint density at radius 3 is 2.37 bits per heavy atom. The van der Waals surface area contributed by atoms with E-state index < -0.39 is 0 Å². The number of amides is 3. The van der Waals surface area contributed by atoms with Gasteiger partial charge in [-0.15, -0.1) is 12.4 Å². The molecule has 0 aliphatic carbocycles. The Kier molecular flexibility index (Phi) is 12.2. The fourth-order valence-electron chi connectivity index (χ4n) is 4.79. The summed E-state index contributed by atoms with van der Waals surface area (Å²) in [5.74, 6) is 0.281. The van der Waals surface area contributed by atoms with Crippen LogP contribution in [0.15, 0.2) is 53.0 Å². The SMILES string of the molecule is CCCCCCN1C(=O)/C(=C/c2cnc(CCCC)n2Cc2ccc(C(=O)OC)cc2)N(Cc2ccsc2)C1=O.Cl. The van der Waals surface area contributed by atoms with Crippen LogP contribution in [-0.2, 0) is 29.0 Å². The average molecular weight is 599 g/mol. The lowest BCUT2D eigenvalue weighted by Crippen LogP contribution is -2.33. The number of carbonyl (C=O) groups excluding carboxylic acids is 3. The first-order valence-corrected chi connectivity index (χ1v) is 15.0. The average Bonchev–Trinajstić information content (AvgIpc) is 3.67. The highest BCUT2D eigenvalue weighted by Gasteiger charge is 2.40. The number of halogens is 1. The number of hydrogen-bond acceptors (Lipinski definition) is 6. The van der Waals surface area contributed by atoms with Crippen molar-refractivity contribution in [2.75, 3.05) is 13.7 Å². The van der Waals surface area contributed by atoms with E-state index in [4.69, 9.17) is 9.72 Å². The van der Waals surface area contributed by atoms with Crippen molar-refractivity contribution in [3.05, 3.63) is 81.2 Å². The number of carbonyl (C=O) groups is 3. The number of methoxy groups -OCH3 is 1. The highest BCUT2D eigenvalue weighted by molar-refractivity contribution is 7.07. The van der Waals surface area contributed by atoms with Gasteiger partial charge in [-0.25, -0.2) is 14.6 Å². The number of aryl methyl sites for hydroxylation is 1. The molecule has 1 fully saturated rings. The summed E-state index contributed by atoms with van der Waals surface area (Å²) in [7, 11) is 1.37. The number of hydrogen-bond donors (Lipinski definition) is 0. The molecule has 0 spiro atoms. The van der Waals surface area contributed by atoms with Gasteiger partial charge in [0, 0.05) is 19.5 Å². The molecule has 220 valence electrons. The first-order valence-electron chi connectivity index (χ1n) is 14.0. The number of ether oxygens (including phenoxy) is 1. The summed E-state index contributed by atoms with van der Waals surface area (Å²) < 4.78 is 6.92.